The minimum absolute atomic E-state index is 0.00246. The molecule has 2 aromatic heterocycles. The molecule has 7 heteroatoms. The third kappa shape index (κ3) is 4.54. The Labute approximate surface area is 152 Å². The number of likely N-dealkylation sites (tertiary alicyclic amines) is 1. The Kier molecular flexibility index (Phi) is 5.78. The van der Waals surface area contributed by atoms with Gasteiger partial charge in [0.2, 0.25) is 5.91 Å². The molecule has 1 aliphatic heterocycles. The van der Waals surface area contributed by atoms with Crippen LogP contribution in [-0.4, -0.2) is 44.8 Å². The van der Waals surface area contributed by atoms with Crippen molar-refractivity contribution in [2.75, 3.05) is 13.1 Å². The predicted molar refractivity (Wildman–Crippen MR) is 96.6 cm³/mol. The molecule has 0 unspecified atom stereocenters. The van der Waals surface area contributed by atoms with Crippen molar-refractivity contribution in [3.05, 3.63) is 57.8 Å². The molecule has 138 valence electrons. The molecule has 1 saturated heterocycles. The summed E-state index contributed by atoms with van der Waals surface area (Å²) in [5.74, 6) is -0.0995. The first-order chi connectivity index (χ1) is 12.5. The number of rotatable bonds is 5. The van der Waals surface area contributed by atoms with Crippen LogP contribution in [0.4, 0.5) is 0 Å². The molecule has 0 spiro atoms. The van der Waals surface area contributed by atoms with Gasteiger partial charge < -0.3 is 9.64 Å². The van der Waals surface area contributed by atoms with Crippen LogP contribution in [0.15, 0.2) is 35.4 Å². The van der Waals surface area contributed by atoms with Gasteiger partial charge in [-0.25, -0.2) is 4.68 Å². The Bertz CT molecular complexity index is 819. The first-order valence-electron chi connectivity index (χ1n) is 8.86. The molecule has 1 amide bonds. The van der Waals surface area contributed by atoms with Gasteiger partial charge in [-0.3, -0.25) is 14.6 Å². The van der Waals surface area contributed by atoms with Crippen LogP contribution in [0.3, 0.4) is 0 Å². The van der Waals surface area contributed by atoms with Crippen LogP contribution >= 0.6 is 0 Å². The van der Waals surface area contributed by atoms with E-state index < -0.39 is 0 Å². The molecule has 0 bridgehead atoms. The smallest absolute Gasteiger partial charge is 0.267 e. The fourth-order valence-corrected chi connectivity index (χ4v) is 3.01. The lowest BCUT2D eigenvalue weighted by molar-refractivity contribution is -0.136. The van der Waals surface area contributed by atoms with E-state index in [1.54, 1.807) is 17.3 Å². The van der Waals surface area contributed by atoms with Gasteiger partial charge in [0.25, 0.3) is 5.56 Å². The Morgan fingerprint density at radius 3 is 3.00 bits per heavy atom. The third-order valence-corrected chi connectivity index (χ3v) is 4.66. The highest BCUT2D eigenvalue weighted by atomic mass is 16.5. The lowest BCUT2D eigenvalue weighted by Gasteiger charge is -2.32. The van der Waals surface area contributed by atoms with Crippen LogP contribution in [0, 0.1) is 13.8 Å². The molecular formula is C19H24N4O3. The van der Waals surface area contributed by atoms with Crippen LogP contribution in [-0.2, 0) is 22.7 Å². The number of hydrogen-bond donors (Lipinski definition) is 0. The highest BCUT2D eigenvalue weighted by Gasteiger charge is 2.24. The summed E-state index contributed by atoms with van der Waals surface area (Å²) in [6.45, 7) is 5.35. The molecule has 0 aliphatic carbocycles. The number of aryl methyl sites for hydroxylation is 2. The standard InChI is InChI=1S/C19H24N4O3/c1-14-9-18(24)23(21-15(14)2)12-19(25)22-8-4-6-17(11-22)26-13-16-5-3-7-20-10-16/h3,5,7,9-10,17H,4,6,8,11-13H2,1-2H3/t17-/m0/s1. The number of hydrogen-bond acceptors (Lipinski definition) is 5. The van der Waals surface area contributed by atoms with E-state index in [0.29, 0.717) is 19.7 Å². The van der Waals surface area contributed by atoms with E-state index in [9.17, 15) is 9.59 Å². The lowest BCUT2D eigenvalue weighted by Crippen LogP contribution is -2.45. The van der Waals surface area contributed by atoms with E-state index in [0.717, 1.165) is 29.7 Å². The summed E-state index contributed by atoms with van der Waals surface area (Å²) in [5.41, 5.74) is 2.36. The van der Waals surface area contributed by atoms with Gasteiger partial charge in [-0.2, -0.15) is 5.10 Å². The maximum absolute atomic E-state index is 12.6. The number of piperidine rings is 1. The maximum Gasteiger partial charge on any atom is 0.267 e. The normalized spacial score (nSPS) is 17.3. The van der Waals surface area contributed by atoms with E-state index in [4.69, 9.17) is 4.74 Å². The molecule has 3 rings (SSSR count). The number of nitrogens with zero attached hydrogens (tertiary/aromatic N) is 4. The highest BCUT2D eigenvalue weighted by Crippen LogP contribution is 2.15. The van der Waals surface area contributed by atoms with Crippen LogP contribution in [0.1, 0.15) is 29.7 Å². The zero-order chi connectivity index (χ0) is 18.5. The average Bonchev–Trinajstić information content (AvgIpc) is 2.65. The molecule has 0 N–H and O–H groups in total. The van der Waals surface area contributed by atoms with Crippen molar-refractivity contribution in [1.82, 2.24) is 19.7 Å². The highest BCUT2D eigenvalue weighted by molar-refractivity contribution is 5.76. The second-order valence-corrected chi connectivity index (χ2v) is 6.68. The molecule has 3 heterocycles. The molecule has 1 fully saturated rings. The SMILES string of the molecule is Cc1cc(=O)n(CC(=O)N2CCC[C@H](OCc3cccnc3)C2)nc1C. The summed E-state index contributed by atoms with van der Waals surface area (Å²) < 4.78 is 7.18. The number of carbonyl (C=O) groups excluding carboxylic acids is 1. The van der Waals surface area contributed by atoms with Gasteiger partial charge >= 0.3 is 0 Å². The van der Waals surface area contributed by atoms with E-state index in [-0.39, 0.29) is 24.1 Å². The van der Waals surface area contributed by atoms with Gasteiger partial charge in [0.15, 0.2) is 0 Å². The molecular weight excluding hydrogens is 332 g/mol. The maximum atomic E-state index is 12.6. The van der Waals surface area contributed by atoms with Crippen molar-refractivity contribution in [3.8, 4) is 0 Å². The van der Waals surface area contributed by atoms with E-state index in [1.807, 2.05) is 26.0 Å². The Morgan fingerprint density at radius 2 is 2.23 bits per heavy atom. The largest absolute Gasteiger partial charge is 0.372 e. The summed E-state index contributed by atoms with van der Waals surface area (Å²) in [6.07, 6.45) is 5.32. The van der Waals surface area contributed by atoms with Gasteiger partial charge in [-0.05, 0) is 43.9 Å². The monoisotopic (exact) mass is 356 g/mol. The Hall–Kier alpha value is -2.54. The number of carbonyl (C=O) groups is 1. The van der Waals surface area contributed by atoms with Crippen molar-refractivity contribution in [3.63, 3.8) is 0 Å². The Balaban J connectivity index is 1.58. The summed E-state index contributed by atoms with van der Waals surface area (Å²) in [4.78, 5) is 30.5. The molecule has 1 atom stereocenters. The predicted octanol–water partition coefficient (Wildman–Crippen LogP) is 1.46. The van der Waals surface area contributed by atoms with Crippen LogP contribution in [0.5, 0.6) is 0 Å². The van der Waals surface area contributed by atoms with E-state index in [1.165, 1.54) is 10.7 Å². The zero-order valence-corrected chi connectivity index (χ0v) is 15.2. The minimum atomic E-state index is -0.247. The molecule has 26 heavy (non-hydrogen) atoms. The summed E-state index contributed by atoms with van der Waals surface area (Å²) >= 11 is 0. The second kappa shape index (κ2) is 8.23. The number of amides is 1. The van der Waals surface area contributed by atoms with Crippen molar-refractivity contribution in [2.24, 2.45) is 0 Å². The fraction of sp³-hybridized carbons (Fsp3) is 0.474. The summed E-state index contributed by atoms with van der Waals surface area (Å²) in [7, 11) is 0. The van der Waals surface area contributed by atoms with Gasteiger partial charge in [0, 0.05) is 31.5 Å². The van der Waals surface area contributed by atoms with Crippen molar-refractivity contribution in [2.45, 2.75) is 45.9 Å². The van der Waals surface area contributed by atoms with Gasteiger partial charge in [0.05, 0.1) is 18.4 Å². The summed E-state index contributed by atoms with van der Waals surface area (Å²) in [6, 6.07) is 5.37. The van der Waals surface area contributed by atoms with E-state index >= 15 is 0 Å². The molecule has 0 aromatic carbocycles. The minimum Gasteiger partial charge on any atom is -0.372 e. The van der Waals surface area contributed by atoms with Gasteiger partial charge in [-0.1, -0.05) is 6.07 Å². The average molecular weight is 356 g/mol. The molecule has 7 nitrogen and oxygen atoms in total. The topological polar surface area (TPSA) is 77.3 Å². The Morgan fingerprint density at radius 1 is 1.38 bits per heavy atom. The zero-order valence-electron chi connectivity index (χ0n) is 15.2. The van der Waals surface area contributed by atoms with Gasteiger partial charge in [0.1, 0.15) is 6.54 Å². The van der Waals surface area contributed by atoms with Crippen LogP contribution in [0.25, 0.3) is 0 Å². The first-order valence-corrected chi connectivity index (χ1v) is 8.86. The summed E-state index contributed by atoms with van der Waals surface area (Å²) in [5, 5.41) is 4.22. The van der Waals surface area contributed by atoms with Crippen molar-refractivity contribution >= 4 is 5.91 Å². The van der Waals surface area contributed by atoms with E-state index in [2.05, 4.69) is 10.1 Å². The third-order valence-electron chi connectivity index (χ3n) is 4.66. The quantitative estimate of drug-likeness (QED) is 0.811. The first kappa shape index (κ1) is 18.3. The molecule has 0 saturated carbocycles. The number of ether oxygens (including phenoxy) is 1. The number of pyridine rings is 1. The van der Waals surface area contributed by atoms with Gasteiger partial charge in [-0.15, -0.1) is 0 Å². The number of aromatic nitrogens is 3. The second-order valence-electron chi connectivity index (χ2n) is 6.68. The van der Waals surface area contributed by atoms with Crippen LogP contribution in [0.2, 0.25) is 0 Å². The lowest BCUT2D eigenvalue weighted by atomic mass is 10.1. The van der Waals surface area contributed by atoms with Crippen LogP contribution < -0.4 is 5.56 Å². The molecule has 1 aliphatic rings. The van der Waals surface area contributed by atoms with Crippen molar-refractivity contribution < 1.29 is 9.53 Å². The fourth-order valence-electron chi connectivity index (χ4n) is 3.01. The molecule has 0 radical (unpaired) electrons. The molecule has 2 aromatic rings. The van der Waals surface area contributed by atoms with Crippen molar-refractivity contribution in [1.29, 1.82) is 0 Å².